The van der Waals surface area contributed by atoms with Crippen LogP contribution in [0.25, 0.3) is 0 Å². The Hall–Kier alpha value is -1.44. The molecule has 2 aliphatic rings. The topological polar surface area (TPSA) is 51.2 Å². The third-order valence-corrected chi connectivity index (χ3v) is 6.89. The maximum Gasteiger partial charge on any atom is 0.410 e. The molecule has 0 bridgehead atoms. The molecule has 0 radical (unpaired) electrons. The van der Waals surface area contributed by atoms with Crippen LogP contribution in [0.5, 0.6) is 0 Å². The van der Waals surface area contributed by atoms with E-state index in [-0.39, 0.29) is 6.09 Å². The standard InChI is InChI=1S/C24H38N2O4S/c1-24(2,3)29-23(27)26-16-11-21(12-17-26)20-9-14-25(15-10-20)22-7-5-19(6-8-22)13-18-31-30-28-4/h5-8,20-21H,9-18H2,1-4H3. The molecule has 7 heteroatoms. The maximum absolute atomic E-state index is 12.3. The monoisotopic (exact) mass is 450 g/mol. The number of hydrogen-bond donors (Lipinski definition) is 0. The predicted octanol–water partition coefficient (Wildman–Crippen LogP) is 5.32. The van der Waals surface area contributed by atoms with Gasteiger partial charge in [0.2, 0.25) is 0 Å². The fraction of sp³-hybridized carbons (Fsp3) is 0.708. The molecule has 3 rings (SSSR count). The zero-order valence-corrected chi connectivity index (χ0v) is 20.3. The Bertz CT molecular complexity index is 676. The molecule has 0 atom stereocenters. The molecular weight excluding hydrogens is 412 g/mol. The van der Waals surface area contributed by atoms with Crippen LogP contribution in [0.15, 0.2) is 24.3 Å². The summed E-state index contributed by atoms with van der Waals surface area (Å²) in [5.41, 5.74) is 2.22. The number of anilines is 1. The van der Waals surface area contributed by atoms with Gasteiger partial charge in [-0.25, -0.2) is 9.68 Å². The van der Waals surface area contributed by atoms with Gasteiger partial charge in [-0.2, -0.15) is 4.33 Å². The van der Waals surface area contributed by atoms with Crippen molar-refractivity contribution in [3.63, 3.8) is 0 Å². The van der Waals surface area contributed by atoms with Crippen molar-refractivity contribution in [3.05, 3.63) is 29.8 Å². The molecule has 6 nitrogen and oxygen atoms in total. The summed E-state index contributed by atoms with van der Waals surface area (Å²) < 4.78 is 10.4. The summed E-state index contributed by atoms with van der Waals surface area (Å²) in [5, 5.41) is 0. The molecule has 0 spiro atoms. The molecule has 2 saturated heterocycles. The van der Waals surface area contributed by atoms with Gasteiger partial charge in [0.25, 0.3) is 0 Å². The van der Waals surface area contributed by atoms with Crippen molar-refractivity contribution in [2.75, 3.05) is 43.9 Å². The van der Waals surface area contributed by atoms with Crippen molar-refractivity contribution in [3.8, 4) is 0 Å². The fourth-order valence-electron chi connectivity index (χ4n) is 4.62. The van der Waals surface area contributed by atoms with E-state index < -0.39 is 5.60 Å². The van der Waals surface area contributed by atoms with Crippen LogP contribution in [0.3, 0.4) is 0 Å². The Labute approximate surface area is 191 Å². The first-order chi connectivity index (χ1) is 14.9. The Morgan fingerprint density at radius 3 is 2.13 bits per heavy atom. The molecular formula is C24H38N2O4S. The van der Waals surface area contributed by atoms with E-state index >= 15 is 0 Å². The Balaban J connectivity index is 1.39. The smallest absolute Gasteiger partial charge is 0.410 e. The number of hydrogen-bond acceptors (Lipinski definition) is 6. The Morgan fingerprint density at radius 1 is 1.00 bits per heavy atom. The molecule has 2 fully saturated rings. The highest BCUT2D eigenvalue weighted by atomic mass is 32.2. The number of amides is 1. The van der Waals surface area contributed by atoms with E-state index in [4.69, 9.17) is 9.07 Å². The predicted molar refractivity (Wildman–Crippen MR) is 126 cm³/mol. The lowest BCUT2D eigenvalue weighted by Gasteiger charge is -2.41. The van der Waals surface area contributed by atoms with Crippen LogP contribution < -0.4 is 4.90 Å². The second-order valence-electron chi connectivity index (χ2n) is 9.60. The number of piperidine rings is 2. The summed E-state index contributed by atoms with van der Waals surface area (Å²) in [4.78, 5) is 21.3. The van der Waals surface area contributed by atoms with Gasteiger partial charge in [-0.3, -0.25) is 0 Å². The van der Waals surface area contributed by atoms with Crippen LogP contribution in [0.1, 0.15) is 52.0 Å². The van der Waals surface area contributed by atoms with Crippen LogP contribution in [0, 0.1) is 11.8 Å². The minimum atomic E-state index is -0.420. The quantitative estimate of drug-likeness (QED) is 0.243. The number of rotatable bonds is 7. The first kappa shape index (κ1) is 24.2. The van der Waals surface area contributed by atoms with Gasteiger partial charge in [0.15, 0.2) is 0 Å². The van der Waals surface area contributed by atoms with Gasteiger partial charge in [0, 0.05) is 49.7 Å². The normalized spacial score (nSPS) is 19.0. The van der Waals surface area contributed by atoms with Gasteiger partial charge in [-0.1, -0.05) is 12.1 Å². The van der Waals surface area contributed by atoms with Gasteiger partial charge >= 0.3 is 6.09 Å². The number of likely N-dealkylation sites (tertiary alicyclic amines) is 1. The third kappa shape index (κ3) is 7.58. The molecule has 1 aromatic rings. The van der Waals surface area contributed by atoms with Crippen LogP contribution >= 0.6 is 12.0 Å². The fourth-order valence-corrected chi connectivity index (χ4v) is 5.11. The summed E-state index contributed by atoms with van der Waals surface area (Å²) in [6.07, 6.45) is 5.49. The zero-order valence-electron chi connectivity index (χ0n) is 19.5. The number of ether oxygens (including phenoxy) is 1. The Morgan fingerprint density at radius 2 is 1.58 bits per heavy atom. The largest absolute Gasteiger partial charge is 0.444 e. The molecule has 1 aromatic carbocycles. The first-order valence-corrected chi connectivity index (χ1v) is 12.4. The molecule has 1 amide bonds. The van der Waals surface area contributed by atoms with Crippen LogP contribution in [-0.2, 0) is 20.4 Å². The molecule has 0 saturated carbocycles. The van der Waals surface area contributed by atoms with Gasteiger partial charge in [-0.05, 0) is 82.4 Å². The maximum atomic E-state index is 12.3. The van der Waals surface area contributed by atoms with E-state index in [0.717, 1.165) is 63.0 Å². The highest BCUT2D eigenvalue weighted by molar-refractivity contribution is 7.94. The molecule has 31 heavy (non-hydrogen) atoms. The van der Waals surface area contributed by atoms with Gasteiger partial charge in [0.05, 0.1) is 7.11 Å². The average molecular weight is 451 g/mol. The molecule has 0 aliphatic carbocycles. The molecule has 0 aromatic heterocycles. The third-order valence-electron chi connectivity index (χ3n) is 6.29. The summed E-state index contributed by atoms with van der Waals surface area (Å²) in [6.45, 7) is 9.67. The van der Waals surface area contributed by atoms with E-state index in [2.05, 4.69) is 34.1 Å². The first-order valence-electron chi connectivity index (χ1n) is 11.5. The second-order valence-corrected chi connectivity index (χ2v) is 10.4. The minimum absolute atomic E-state index is 0.158. The van der Waals surface area contributed by atoms with Crippen LogP contribution in [0.2, 0.25) is 0 Å². The van der Waals surface area contributed by atoms with Crippen molar-refractivity contribution in [1.29, 1.82) is 0 Å². The lowest BCUT2D eigenvalue weighted by molar-refractivity contribution is -0.160. The molecule has 0 unspecified atom stereocenters. The Kier molecular flexibility index (Phi) is 8.93. The number of aryl methyl sites for hydroxylation is 1. The molecule has 174 valence electrons. The highest BCUT2D eigenvalue weighted by Gasteiger charge is 2.32. The van der Waals surface area contributed by atoms with E-state index in [0.29, 0.717) is 0 Å². The van der Waals surface area contributed by atoms with Crippen molar-refractivity contribution >= 4 is 23.8 Å². The van der Waals surface area contributed by atoms with E-state index in [1.54, 1.807) is 0 Å². The van der Waals surface area contributed by atoms with E-state index in [9.17, 15) is 4.79 Å². The zero-order chi connectivity index (χ0) is 22.3. The van der Waals surface area contributed by atoms with E-state index in [1.165, 1.54) is 43.2 Å². The van der Waals surface area contributed by atoms with Crippen LogP contribution in [-0.4, -0.2) is 55.6 Å². The second kappa shape index (κ2) is 11.4. The van der Waals surface area contributed by atoms with Crippen molar-refractivity contribution < 1.29 is 18.8 Å². The van der Waals surface area contributed by atoms with Gasteiger partial charge < -0.3 is 14.5 Å². The lowest BCUT2D eigenvalue weighted by Crippen LogP contribution is -2.44. The SMILES string of the molecule is COOSCCc1ccc(N2CCC(C3CCN(C(=O)OC(C)(C)C)CC3)CC2)cc1. The summed E-state index contributed by atoms with van der Waals surface area (Å²) in [6, 6.07) is 8.94. The van der Waals surface area contributed by atoms with Gasteiger partial charge in [-0.15, -0.1) is 0 Å². The summed E-state index contributed by atoms with van der Waals surface area (Å²) in [5.74, 6) is 2.38. The summed E-state index contributed by atoms with van der Waals surface area (Å²) in [7, 11) is 1.53. The lowest BCUT2D eigenvalue weighted by atomic mass is 9.79. The van der Waals surface area contributed by atoms with Crippen LogP contribution in [0.4, 0.5) is 10.5 Å². The van der Waals surface area contributed by atoms with Crippen molar-refractivity contribution in [2.24, 2.45) is 11.8 Å². The highest BCUT2D eigenvalue weighted by Crippen LogP contribution is 2.34. The average Bonchev–Trinajstić information content (AvgIpc) is 2.76. The number of nitrogens with zero attached hydrogens (tertiary/aromatic N) is 2. The molecule has 2 heterocycles. The van der Waals surface area contributed by atoms with Crippen molar-refractivity contribution in [2.45, 2.75) is 58.5 Å². The van der Waals surface area contributed by atoms with E-state index in [1.807, 2.05) is 25.7 Å². The number of carbonyl (C=O) groups excluding carboxylic acids is 1. The summed E-state index contributed by atoms with van der Waals surface area (Å²) >= 11 is 1.34. The molecule has 2 aliphatic heterocycles. The molecule has 0 N–H and O–H groups in total. The van der Waals surface area contributed by atoms with Gasteiger partial charge in [0.1, 0.15) is 5.60 Å². The number of carbonyl (C=O) groups is 1. The number of benzene rings is 1. The minimum Gasteiger partial charge on any atom is -0.444 e. The van der Waals surface area contributed by atoms with Crippen molar-refractivity contribution in [1.82, 2.24) is 4.90 Å².